The van der Waals surface area contributed by atoms with Crippen LogP contribution >= 0.6 is 22.7 Å². The molecule has 3 aromatic heterocycles. The minimum Gasteiger partial charge on any atom is -0.208 e. The number of hydrogen-bond acceptors (Lipinski definition) is 5. The zero-order valence-electron chi connectivity index (χ0n) is 30.1. The number of rotatable bonds is 6. The van der Waals surface area contributed by atoms with Crippen LogP contribution < -0.4 is 0 Å². The molecule has 11 aromatic rings. The number of benzene rings is 8. The zero-order chi connectivity index (χ0) is 37.0. The van der Waals surface area contributed by atoms with Crippen LogP contribution in [0.25, 0.3) is 108 Å². The molecule has 0 atom stereocenters. The van der Waals surface area contributed by atoms with Gasteiger partial charge in [0.1, 0.15) is 0 Å². The summed E-state index contributed by atoms with van der Waals surface area (Å²) in [5.74, 6) is 1.93. The molecule has 5 heteroatoms. The van der Waals surface area contributed by atoms with Crippen LogP contribution in [0.5, 0.6) is 0 Å². The first-order chi connectivity index (χ1) is 27.7. The van der Waals surface area contributed by atoms with E-state index in [4.69, 9.17) is 15.0 Å². The standard InChI is InChI=1S/C51H31N3S2/c1-3-14-32(15-4-1)35-28-36(34-26-27-41-39-19-9-11-24-45(39)55-47(41)31-34)30-37(29-35)49-52-50(43-21-8-7-18-38(43)33-16-5-2-6-17-33)54-51(53-49)44-23-13-22-42-40-20-10-12-25-46(40)56-48(42)44/h1-31H. The van der Waals surface area contributed by atoms with Crippen LogP contribution in [0.3, 0.4) is 0 Å². The molecular formula is C51H31N3S2. The maximum absolute atomic E-state index is 5.36. The minimum absolute atomic E-state index is 0.632. The molecule has 0 fully saturated rings. The molecule has 0 aliphatic carbocycles. The normalized spacial score (nSPS) is 11.6. The van der Waals surface area contributed by atoms with Crippen LogP contribution in [0.15, 0.2) is 188 Å². The van der Waals surface area contributed by atoms with Crippen LogP contribution in [0.2, 0.25) is 0 Å². The Morgan fingerprint density at radius 3 is 1.55 bits per heavy atom. The van der Waals surface area contributed by atoms with Crippen LogP contribution in [-0.2, 0) is 0 Å². The lowest BCUT2D eigenvalue weighted by molar-refractivity contribution is 1.08. The molecule has 11 rings (SSSR count). The highest BCUT2D eigenvalue weighted by atomic mass is 32.1. The van der Waals surface area contributed by atoms with Crippen LogP contribution in [0, 0.1) is 0 Å². The Bertz CT molecular complexity index is 3250. The van der Waals surface area contributed by atoms with Gasteiger partial charge in [0.05, 0.1) is 0 Å². The first kappa shape index (κ1) is 32.6. The molecule has 0 radical (unpaired) electrons. The Kier molecular flexibility index (Phi) is 7.87. The first-order valence-corrected chi connectivity index (χ1v) is 20.3. The third-order valence-corrected chi connectivity index (χ3v) is 12.9. The minimum atomic E-state index is 0.632. The summed E-state index contributed by atoms with van der Waals surface area (Å²) in [5, 5.41) is 5.04. The molecule has 0 aliphatic rings. The lowest BCUT2D eigenvalue weighted by Gasteiger charge is -2.14. The lowest BCUT2D eigenvalue weighted by Crippen LogP contribution is -2.01. The molecule has 262 valence electrons. The summed E-state index contributed by atoms with van der Waals surface area (Å²) in [7, 11) is 0. The van der Waals surface area contributed by atoms with E-state index in [9.17, 15) is 0 Å². The molecular weight excluding hydrogens is 719 g/mol. The molecule has 0 aliphatic heterocycles. The van der Waals surface area contributed by atoms with Crippen molar-refractivity contribution in [2.45, 2.75) is 0 Å². The Balaban J connectivity index is 1.16. The fraction of sp³-hybridized carbons (Fsp3) is 0. The van der Waals surface area contributed by atoms with Crippen LogP contribution in [0.1, 0.15) is 0 Å². The highest BCUT2D eigenvalue weighted by molar-refractivity contribution is 7.26. The molecule has 56 heavy (non-hydrogen) atoms. The van der Waals surface area contributed by atoms with E-state index in [1.54, 1.807) is 11.3 Å². The largest absolute Gasteiger partial charge is 0.208 e. The average Bonchev–Trinajstić information content (AvgIpc) is 3.85. The summed E-state index contributed by atoms with van der Waals surface area (Å²) in [6, 6.07) is 66.8. The lowest BCUT2D eigenvalue weighted by atomic mass is 9.95. The van der Waals surface area contributed by atoms with Crippen molar-refractivity contribution >= 4 is 63.0 Å². The second kappa shape index (κ2) is 13.5. The quantitative estimate of drug-likeness (QED) is 0.170. The zero-order valence-corrected chi connectivity index (χ0v) is 31.7. The topological polar surface area (TPSA) is 38.7 Å². The van der Waals surface area contributed by atoms with E-state index >= 15 is 0 Å². The van der Waals surface area contributed by atoms with Gasteiger partial charge in [-0.1, -0.05) is 146 Å². The monoisotopic (exact) mass is 749 g/mol. The molecule has 0 saturated heterocycles. The molecule has 0 bridgehead atoms. The Morgan fingerprint density at radius 1 is 0.268 bits per heavy atom. The molecule has 3 nitrogen and oxygen atoms in total. The Morgan fingerprint density at radius 2 is 0.786 bits per heavy atom. The van der Waals surface area contributed by atoms with Crippen molar-refractivity contribution in [1.82, 2.24) is 15.0 Å². The van der Waals surface area contributed by atoms with Gasteiger partial charge in [-0.3, -0.25) is 0 Å². The summed E-state index contributed by atoms with van der Waals surface area (Å²) >= 11 is 3.63. The number of fused-ring (bicyclic) bond motifs is 6. The summed E-state index contributed by atoms with van der Waals surface area (Å²) in [5.41, 5.74) is 9.59. The van der Waals surface area contributed by atoms with Gasteiger partial charge in [-0.25, -0.2) is 15.0 Å². The van der Waals surface area contributed by atoms with Gasteiger partial charge >= 0.3 is 0 Å². The van der Waals surface area contributed by atoms with Crippen molar-refractivity contribution in [2.24, 2.45) is 0 Å². The van der Waals surface area contributed by atoms with Gasteiger partial charge in [0, 0.05) is 57.0 Å². The maximum Gasteiger partial charge on any atom is 0.165 e. The van der Waals surface area contributed by atoms with E-state index < -0.39 is 0 Å². The number of hydrogen-bond donors (Lipinski definition) is 0. The highest BCUT2D eigenvalue weighted by Crippen LogP contribution is 2.42. The average molecular weight is 750 g/mol. The predicted octanol–water partition coefficient (Wildman–Crippen LogP) is 14.6. The van der Waals surface area contributed by atoms with E-state index in [2.05, 4.69) is 182 Å². The number of aromatic nitrogens is 3. The van der Waals surface area contributed by atoms with Gasteiger partial charge in [0.2, 0.25) is 0 Å². The fourth-order valence-corrected chi connectivity index (χ4v) is 10.2. The summed E-state index contributed by atoms with van der Waals surface area (Å²) in [6.07, 6.45) is 0. The fourth-order valence-electron chi connectivity index (χ4n) is 7.84. The van der Waals surface area contributed by atoms with Gasteiger partial charge < -0.3 is 0 Å². The van der Waals surface area contributed by atoms with Crippen LogP contribution in [-0.4, -0.2) is 15.0 Å². The number of thiophene rings is 2. The second-order valence-corrected chi connectivity index (χ2v) is 16.1. The SMILES string of the molecule is c1ccc(-c2cc(-c3ccc4c(c3)sc3ccccc34)cc(-c3nc(-c4ccccc4-c4ccccc4)nc(-c4cccc5c4sc4ccccc45)n3)c2)cc1. The van der Waals surface area contributed by atoms with Crippen molar-refractivity contribution in [3.05, 3.63) is 188 Å². The van der Waals surface area contributed by atoms with E-state index in [0.29, 0.717) is 17.5 Å². The van der Waals surface area contributed by atoms with Gasteiger partial charge in [0.15, 0.2) is 17.5 Å². The molecule has 8 aromatic carbocycles. The highest BCUT2D eigenvalue weighted by Gasteiger charge is 2.20. The predicted molar refractivity (Wildman–Crippen MR) is 238 cm³/mol. The van der Waals surface area contributed by atoms with Gasteiger partial charge in [-0.05, 0) is 75.8 Å². The third-order valence-electron chi connectivity index (χ3n) is 10.5. The third kappa shape index (κ3) is 5.68. The van der Waals surface area contributed by atoms with Gasteiger partial charge in [-0.15, -0.1) is 22.7 Å². The maximum atomic E-state index is 5.36. The van der Waals surface area contributed by atoms with E-state index in [0.717, 1.165) is 50.1 Å². The smallest absolute Gasteiger partial charge is 0.165 e. The molecule has 0 amide bonds. The Labute approximate surface area is 331 Å². The van der Waals surface area contributed by atoms with Crippen molar-refractivity contribution < 1.29 is 0 Å². The molecule has 0 saturated carbocycles. The van der Waals surface area contributed by atoms with Crippen LogP contribution in [0.4, 0.5) is 0 Å². The summed E-state index contributed by atoms with van der Waals surface area (Å²) in [6.45, 7) is 0. The summed E-state index contributed by atoms with van der Waals surface area (Å²) in [4.78, 5) is 16.0. The van der Waals surface area contributed by atoms with Gasteiger partial charge in [-0.2, -0.15) is 0 Å². The molecule has 3 heterocycles. The first-order valence-electron chi connectivity index (χ1n) is 18.7. The van der Waals surface area contributed by atoms with E-state index in [1.807, 2.05) is 17.4 Å². The van der Waals surface area contributed by atoms with Crippen molar-refractivity contribution in [3.63, 3.8) is 0 Å². The number of nitrogens with zero attached hydrogens (tertiary/aromatic N) is 3. The van der Waals surface area contributed by atoms with Crippen molar-refractivity contribution in [2.75, 3.05) is 0 Å². The van der Waals surface area contributed by atoms with E-state index in [1.165, 1.54) is 40.3 Å². The van der Waals surface area contributed by atoms with Crippen molar-refractivity contribution in [1.29, 1.82) is 0 Å². The second-order valence-electron chi connectivity index (χ2n) is 14.0. The molecule has 0 unspecified atom stereocenters. The Hall–Kier alpha value is -6.79. The summed E-state index contributed by atoms with van der Waals surface area (Å²) < 4.78 is 4.99. The van der Waals surface area contributed by atoms with Crippen molar-refractivity contribution in [3.8, 4) is 67.5 Å². The van der Waals surface area contributed by atoms with Gasteiger partial charge in [0.25, 0.3) is 0 Å². The molecule has 0 N–H and O–H groups in total. The molecule has 0 spiro atoms. The van der Waals surface area contributed by atoms with E-state index in [-0.39, 0.29) is 0 Å².